The Morgan fingerprint density at radius 2 is 2.03 bits per heavy atom. The number of nitrogens with zero attached hydrogens (tertiary/aromatic N) is 3. The summed E-state index contributed by atoms with van der Waals surface area (Å²) in [4.78, 5) is 37.5. The molecule has 0 unspecified atom stereocenters. The number of carbonyl (C=O) groups is 2. The number of amidine groups is 1. The quantitative estimate of drug-likeness (QED) is 0.401. The molecule has 1 amide bonds. The molecule has 4 rings (SSSR count). The number of hydrogen-bond donors (Lipinski definition) is 2. The molecule has 1 aliphatic heterocycles. The van der Waals surface area contributed by atoms with Crippen LogP contribution in [0.5, 0.6) is 5.88 Å². The van der Waals surface area contributed by atoms with Gasteiger partial charge in [-0.1, -0.05) is 17.8 Å². The molecule has 192 valence electrons. The maximum absolute atomic E-state index is 15.0. The van der Waals surface area contributed by atoms with Crippen LogP contribution in [0.3, 0.4) is 0 Å². The number of nitrogens with two attached hydrogens (primary N) is 1. The number of rotatable bonds is 8. The van der Waals surface area contributed by atoms with E-state index in [-0.39, 0.29) is 40.6 Å². The zero-order chi connectivity index (χ0) is 26.3. The first-order chi connectivity index (χ1) is 16.9. The zero-order valence-electron chi connectivity index (χ0n) is 19.4. The molecule has 2 aromatic rings. The monoisotopic (exact) mass is 525 g/mol. The Balaban J connectivity index is 1.53. The average Bonchev–Trinajstić information content (AvgIpc) is 3.56. The lowest BCUT2D eigenvalue weighted by molar-refractivity contribution is -0.154. The molecular formula is C23H23F4N5O3S. The van der Waals surface area contributed by atoms with Gasteiger partial charge in [0.1, 0.15) is 16.3 Å². The molecule has 2 aliphatic rings. The van der Waals surface area contributed by atoms with Gasteiger partial charge in [-0.3, -0.25) is 14.6 Å². The number of aliphatic imine (C=N–C) groups is 1. The Hall–Kier alpha value is -3.22. The van der Waals surface area contributed by atoms with Crippen LogP contribution < -0.4 is 15.8 Å². The third-order valence-electron chi connectivity index (χ3n) is 6.18. The number of fused-ring (bicyclic) bond motifs is 1. The molecule has 1 aromatic carbocycles. The number of Topliss-reactive ketones (excluding diaryl/α,β-unsaturated/α-hetero) is 1. The summed E-state index contributed by atoms with van der Waals surface area (Å²) in [5.41, 5.74) is 5.54. The summed E-state index contributed by atoms with van der Waals surface area (Å²) < 4.78 is 55.5. The van der Waals surface area contributed by atoms with Gasteiger partial charge in [0, 0.05) is 24.4 Å². The van der Waals surface area contributed by atoms with Crippen LogP contribution in [0.25, 0.3) is 0 Å². The van der Waals surface area contributed by atoms with Crippen LogP contribution in [-0.2, 0) is 16.8 Å². The highest BCUT2D eigenvalue weighted by atomic mass is 32.2. The summed E-state index contributed by atoms with van der Waals surface area (Å²) in [6.07, 6.45) is -2.26. The standard InChI is InChI=1S/C23H23F4N5O3S/c1-3-29-19(34)22-8-17(22)21(2,32-20(28)36-22)13-6-12(4-5-14(13)24)7-16(33)15-9-31-18(10-30-15)35-11-23(25,26)27/h4-6,9-10,17H,3,7-8,11H2,1-2H3,(H2,28,32)(H,29,34)/t17-,21+,22-/m0/s1. The number of hydrogen-bond acceptors (Lipinski definition) is 8. The molecular weight excluding hydrogens is 502 g/mol. The lowest BCUT2D eigenvalue weighted by Gasteiger charge is -2.34. The highest BCUT2D eigenvalue weighted by Crippen LogP contribution is 2.66. The van der Waals surface area contributed by atoms with Gasteiger partial charge in [0.15, 0.2) is 17.6 Å². The van der Waals surface area contributed by atoms with Crippen LogP contribution in [0, 0.1) is 11.7 Å². The first-order valence-electron chi connectivity index (χ1n) is 11.0. The molecule has 36 heavy (non-hydrogen) atoms. The van der Waals surface area contributed by atoms with Gasteiger partial charge in [-0.25, -0.2) is 14.4 Å². The van der Waals surface area contributed by atoms with Crippen LogP contribution in [-0.4, -0.2) is 50.9 Å². The van der Waals surface area contributed by atoms with E-state index in [1.54, 1.807) is 6.92 Å². The first kappa shape index (κ1) is 25.9. The van der Waals surface area contributed by atoms with Crippen LogP contribution in [0.1, 0.15) is 41.9 Å². The summed E-state index contributed by atoms with van der Waals surface area (Å²) in [6.45, 7) is 2.45. The second kappa shape index (κ2) is 9.34. The van der Waals surface area contributed by atoms with E-state index in [0.29, 0.717) is 18.5 Å². The van der Waals surface area contributed by atoms with Crippen molar-refractivity contribution in [1.82, 2.24) is 15.3 Å². The maximum Gasteiger partial charge on any atom is 0.422 e. The predicted octanol–water partition coefficient (Wildman–Crippen LogP) is 3.15. The highest BCUT2D eigenvalue weighted by molar-refractivity contribution is 8.15. The molecule has 0 radical (unpaired) electrons. The fraction of sp³-hybridized carbons (Fsp3) is 0.435. The number of thioether (sulfide) groups is 1. The zero-order valence-corrected chi connectivity index (χ0v) is 20.2. The van der Waals surface area contributed by atoms with Crippen molar-refractivity contribution in [3.8, 4) is 5.88 Å². The lowest BCUT2D eigenvalue weighted by atomic mass is 9.84. The van der Waals surface area contributed by atoms with Crippen LogP contribution in [0.2, 0.25) is 0 Å². The summed E-state index contributed by atoms with van der Waals surface area (Å²) in [7, 11) is 0. The van der Waals surface area contributed by atoms with Crippen molar-refractivity contribution < 1.29 is 31.9 Å². The Morgan fingerprint density at radius 3 is 2.67 bits per heavy atom. The minimum Gasteiger partial charge on any atom is -0.467 e. The second-order valence-corrected chi connectivity index (χ2v) is 10.1. The van der Waals surface area contributed by atoms with E-state index >= 15 is 4.39 Å². The number of carbonyl (C=O) groups excluding carboxylic acids is 2. The van der Waals surface area contributed by atoms with Crippen LogP contribution in [0.15, 0.2) is 35.6 Å². The van der Waals surface area contributed by atoms with E-state index < -0.39 is 34.7 Å². The van der Waals surface area contributed by atoms with E-state index in [1.807, 2.05) is 6.92 Å². The normalized spacial score (nSPS) is 24.9. The molecule has 3 atom stereocenters. The Kier molecular flexibility index (Phi) is 6.71. The molecule has 1 aliphatic carbocycles. The van der Waals surface area contributed by atoms with Crippen molar-refractivity contribution in [2.24, 2.45) is 16.6 Å². The van der Waals surface area contributed by atoms with E-state index in [9.17, 15) is 22.8 Å². The van der Waals surface area contributed by atoms with Crippen LogP contribution in [0.4, 0.5) is 17.6 Å². The van der Waals surface area contributed by atoms with Gasteiger partial charge < -0.3 is 15.8 Å². The summed E-state index contributed by atoms with van der Waals surface area (Å²) in [5, 5.41) is 2.99. The topological polar surface area (TPSA) is 120 Å². The van der Waals surface area contributed by atoms with Crippen molar-refractivity contribution in [1.29, 1.82) is 0 Å². The molecule has 1 saturated carbocycles. The smallest absolute Gasteiger partial charge is 0.422 e. The fourth-order valence-electron chi connectivity index (χ4n) is 4.42. The van der Waals surface area contributed by atoms with Gasteiger partial charge in [0.25, 0.3) is 0 Å². The molecule has 3 N–H and O–H groups in total. The SMILES string of the molecule is CCNC(=O)[C@]12C[C@H]1[C@@](C)(c1cc(CC(=O)c3cnc(OCC(F)(F)F)cn3)ccc1F)N=C(N)S2. The van der Waals surface area contributed by atoms with Gasteiger partial charge in [-0.2, -0.15) is 13.2 Å². The van der Waals surface area contributed by atoms with Crippen molar-refractivity contribution in [2.45, 2.75) is 43.2 Å². The maximum atomic E-state index is 15.0. The number of amides is 1. The van der Waals surface area contributed by atoms with Gasteiger partial charge in [0.2, 0.25) is 11.8 Å². The fourth-order valence-corrected chi connectivity index (χ4v) is 5.81. The molecule has 1 aromatic heterocycles. The molecule has 0 spiro atoms. The van der Waals surface area contributed by atoms with Gasteiger partial charge in [-0.15, -0.1) is 0 Å². The summed E-state index contributed by atoms with van der Waals surface area (Å²) in [5.74, 6) is -1.84. The van der Waals surface area contributed by atoms with E-state index in [2.05, 4.69) is 25.0 Å². The Morgan fingerprint density at radius 1 is 1.28 bits per heavy atom. The van der Waals surface area contributed by atoms with Gasteiger partial charge in [-0.05, 0) is 38.0 Å². The van der Waals surface area contributed by atoms with Gasteiger partial charge in [0.05, 0.1) is 17.9 Å². The number of alkyl halides is 3. The molecule has 1 fully saturated rings. The minimum absolute atomic E-state index is 0.0831. The number of benzene rings is 1. The van der Waals surface area contributed by atoms with Crippen molar-refractivity contribution in [3.05, 3.63) is 53.2 Å². The minimum atomic E-state index is -4.53. The predicted molar refractivity (Wildman–Crippen MR) is 124 cm³/mol. The molecule has 8 nitrogen and oxygen atoms in total. The number of nitrogens with one attached hydrogen (secondary N) is 1. The van der Waals surface area contributed by atoms with Crippen molar-refractivity contribution in [3.63, 3.8) is 0 Å². The summed E-state index contributed by atoms with van der Waals surface area (Å²) in [6, 6.07) is 4.20. The van der Waals surface area contributed by atoms with Gasteiger partial charge >= 0.3 is 6.18 Å². The molecule has 0 saturated heterocycles. The first-order valence-corrected chi connectivity index (χ1v) is 11.9. The summed E-state index contributed by atoms with van der Waals surface area (Å²) >= 11 is 1.18. The molecule has 2 heterocycles. The van der Waals surface area contributed by atoms with E-state index in [0.717, 1.165) is 12.4 Å². The number of ketones is 1. The van der Waals surface area contributed by atoms with E-state index in [1.165, 1.54) is 30.0 Å². The van der Waals surface area contributed by atoms with E-state index in [4.69, 9.17) is 5.73 Å². The third kappa shape index (κ3) is 5.01. The molecule has 13 heteroatoms. The van der Waals surface area contributed by atoms with Crippen molar-refractivity contribution in [2.75, 3.05) is 13.2 Å². The largest absolute Gasteiger partial charge is 0.467 e. The Bertz CT molecular complexity index is 1220. The lowest BCUT2D eigenvalue weighted by Crippen LogP contribution is -2.44. The average molecular weight is 526 g/mol. The van der Waals surface area contributed by atoms with Crippen molar-refractivity contribution >= 4 is 28.6 Å². The number of ether oxygens (including phenoxy) is 1. The number of halogens is 4. The Labute approximate surface area is 208 Å². The molecule has 0 bridgehead atoms. The second-order valence-electron chi connectivity index (χ2n) is 8.76. The third-order valence-corrected chi connectivity index (χ3v) is 7.48. The highest BCUT2D eigenvalue weighted by Gasteiger charge is 2.70. The number of aromatic nitrogens is 2. The van der Waals surface area contributed by atoms with Crippen LogP contribution >= 0.6 is 11.8 Å².